The fraction of sp³-hybridized carbons (Fsp3) is 0.333. The molecule has 0 radical (unpaired) electrons. The van der Waals surface area contributed by atoms with Crippen molar-refractivity contribution in [3.63, 3.8) is 0 Å². The minimum Gasteiger partial charge on any atom is -0.493 e. The Hall–Kier alpha value is -2.35. The van der Waals surface area contributed by atoms with E-state index in [0.29, 0.717) is 17.7 Å². The van der Waals surface area contributed by atoms with Gasteiger partial charge in [-0.25, -0.2) is 17.2 Å². The molecule has 0 aromatic heterocycles. The third kappa shape index (κ3) is 2.88. The molecule has 1 heterocycles. The largest absolute Gasteiger partial charge is 0.493 e. The standard InChI is InChI=1S/C18H19F2NO4S/c1-11-9-15(24-2)16(25-3)10-17(11)26(22,23)21-8-4-5-12-13(19)6-7-14(20)18(12)21/h6-7,9-10H,4-5,8H2,1-3H3. The summed E-state index contributed by atoms with van der Waals surface area (Å²) in [5.74, 6) is -0.734. The van der Waals surface area contributed by atoms with Gasteiger partial charge in [0.05, 0.1) is 24.8 Å². The molecule has 2 aromatic rings. The fourth-order valence-corrected chi connectivity index (χ4v) is 4.97. The van der Waals surface area contributed by atoms with Crippen LogP contribution in [0.3, 0.4) is 0 Å². The van der Waals surface area contributed by atoms with Gasteiger partial charge in [0.2, 0.25) is 0 Å². The molecule has 0 saturated heterocycles. The van der Waals surface area contributed by atoms with E-state index in [4.69, 9.17) is 9.47 Å². The van der Waals surface area contributed by atoms with Gasteiger partial charge in [0.15, 0.2) is 11.5 Å². The number of halogens is 2. The molecule has 1 aliphatic rings. The molecule has 0 unspecified atom stereocenters. The van der Waals surface area contributed by atoms with Crippen LogP contribution in [0, 0.1) is 18.6 Å². The van der Waals surface area contributed by atoms with Crippen LogP contribution in [-0.4, -0.2) is 29.2 Å². The van der Waals surface area contributed by atoms with Crippen molar-refractivity contribution < 1.29 is 26.7 Å². The van der Waals surface area contributed by atoms with Gasteiger partial charge in [0.25, 0.3) is 10.0 Å². The van der Waals surface area contributed by atoms with Crippen LogP contribution in [0.2, 0.25) is 0 Å². The molecule has 3 rings (SSSR count). The zero-order valence-electron chi connectivity index (χ0n) is 14.7. The minimum absolute atomic E-state index is 0.0355. The molecule has 8 heteroatoms. The van der Waals surface area contributed by atoms with Gasteiger partial charge in [0.1, 0.15) is 11.6 Å². The van der Waals surface area contributed by atoms with Crippen LogP contribution < -0.4 is 13.8 Å². The Morgan fingerprint density at radius 2 is 1.65 bits per heavy atom. The van der Waals surface area contributed by atoms with Crippen LogP contribution in [-0.2, 0) is 16.4 Å². The summed E-state index contributed by atoms with van der Waals surface area (Å²) in [6.45, 7) is 1.69. The molecule has 5 nitrogen and oxygen atoms in total. The molecule has 0 bridgehead atoms. The van der Waals surface area contributed by atoms with Crippen molar-refractivity contribution in [1.29, 1.82) is 0 Å². The van der Waals surface area contributed by atoms with Gasteiger partial charge in [-0.1, -0.05) is 0 Å². The predicted molar refractivity (Wildman–Crippen MR) is 93.5 cm³/mol. The van der Waals surface area contributed by atoms with Crippen molar-refractivity contribution in [2.45, 2.75) is 24.7 Å². The number of methoxy groups -OCH3 is 2. The highest BCUT2D eigenvalue weighted by atomic mass is 32.2. The Kier molecular flexibility index (Phi) is 4.79. The molecular weight excluding hydrogens is 364 g/mol. The van der Waals surface area contributed by atoms with E-state index >= 15 is 0 Å². The molecule has 0 atom stereocenters. The van der Waals surface area contributed by atoms with Crippen molar-refractivity contribution in [2.75, 3.05) is 25.1 Å². The molecule has 2 aromatic carbocycles. The monoisotopic (exact) mass is 383 g/mol. The van der Waals surface area contributed by atoms with Crippen molar-refractivity contribution in [3.8, 4) is 11.5 Å². The Morgan fingerprint density at radius 1 is 1.04 bits per heavy atom. The van der Waals surface area contributed by atoms with Gasteiger partial charge >= 0.3 is 0 Å². The first-order valence-electron chi connectivity index (χ1n) is 8.03. The highest BCUT2D eigenvalue weighted by molar-refractivity contribution is 7.92. The summed E-state index contributed by atoms with van der Waals surface area (Å²) in [6, 6.07) is 4.85. The molecule has 0 fully saturated rings. The zero-order valence-corrected chi connectivity index (χ0v) is 15.5. The molecule has 1 aliphatic heterocycles. The van der Waals surface area contributed by atoms with Crippen molar-refractivity contribution >= 4 is 15.7 Å². The maximum absolute atomic E-state index is 14.4. The van der Waals surface area contributed by atoms with Gasteiger partial charge < -0.3 is 9.47 Å². The van der Waals surface area contributed by atoms with Crippen LogP contribution in [0.1, 0.15) is 17.5 Å². The lowest BCUT2D eigenvalue weighted by Crippen LogP contribution is -2.37. The number of hydrogen-bond donors (Lipinski definition) is 0. The number of aryl methyl sites for hydroxylation is 1. The summed E-state index contributed by atoms with van der Waals surface area (Å²) in [5.41, 5.74) is 0.287. The normalized spacial score (nSPS) is 14.1. The number of hydrogen-bond acceptors (Lipinski definition) is 4. The molecule has 0 saturated carbocycles. The lowest BCUT2D eigenvalue weighted by molar-refractivity contribution is 0.353. The molecule has 0 aliphatic carbocycles. The predicted octanol–water partition coefficient (Wildman–Crippen LogP) is 3.43. The maximum Gasteiger partial charge on any atom is 0.264 e. The molecule has 140 valence electrons. The number of nitrogens with zero attached hydrogens (tertiary/aromatic N) is 1. The Balaban J connectivity index is 2.19. The van der Waals surface area contributed by atoms with E-state index in [1.165, 1.54) is 20.3 Å². The molecule has 0 spiro atoms. The molecular formula is C18H19F2NO4S. The second-order valence-corrected chi connectivity index (χ2v) is 7.84. The highest BCUT2D eigenvalue weighted by Gasteiger charge is 2.34. The zero-order chi connectivity index (χ0) is 19.1. The summed E-state index contributed by atoms with van der Waals surface area (Å²) >= 11 is 0. The number of anilines is 1. The quantitative estimate of drug-likeness (QED) is 0.812. The number of fused-ring (bicyclic) bond motifs is 1. The van der Waals surface area contributed by atoms with Gasteiger partial charge in [0, 0.05) is 18.2 Å². The molecule has 0 amide bonds. The third-order valence-electron chi connectivity index (χ3n) is 4.46. The molecule has 0 N–H and O–H groups in total. The van der Waals surface area contributed by atoms with Gasteiger partial charge in [-0.2, -0.15) is 0 Å². The number of rotatable bonds is 4. The smallest absolute Gasteiger partial charge is 0.264 e. The summed E-state index contributed by atoms with van der Waals surface area (Å²) < 4.78 is 66.3. The van der Waals surface area contributed by atoms with Crippen LogP contribution in [0.5, 0.6) is 11.5 Å². The SMILES string of the molecule is COc1cc(C)c(S(=O)(=O)N2CCCc3c(F)ccc(F)c32)cc1OC. The van der Waals surface area contributed by atoms with Crippen molar-refractivity contribution in [2.24, 2.45) is 0 Å². The van der Waals surface area contributed by atoms with Crippen molar-refractivity contribution in [1.82, 2.24) is 0 Å². The van der Waals surface area contributed by atoms with E-state index in [2.05, 4.69) is 0 Å². The minimum atomic E-state index is -4.11. The first kappa shape index (κ1) is 18.4. The van der Waals surface area contributed by atoms with E-state index in [-0.39, 0.29) is 34.9 Å². The number of ether oxygens (including phenoxy) is 2. The maximum atomic E-state index is 14.4. The topological polar surface area (TPSA) is 55.8 Å². The molecule has 26 heavy (non-hydrogen) atoms. The Labute approximate surface area is 151 Å². The lowest BCUT2D eigenvalue weighted by atomic mass is 10.0. The summed E-state index contributed by atoms with van der Waals surface area (Å²) in [6.07, 6.45) is 0.689. The summed E-state index contributed by atoms with van der Waals surface area (Å²) in [7, 11) is -1.27. The second kappa shape index (κ2) is 6.75. The second-order valence-electron chi connectivity index (χ2n) is 6.01. The van der Waals surface area contributed by atoms with E-state index < -0.39 is 21.7 Å². The van der Waals surface area contributed by atoms with Crippen LogP contribution >= 0.6 is 0 Å². The average Bonchev–Trinajstić information content (AvgIpc) is 2.63. The Bertz CT molecular complexity index is 960. The van der Waals surface area contributed by atoms with Crippen LogP contribution in [0.15, 0.2) is 29.2 Å². The summed E-state index contributed by atoms with van der Waals surface area (Å²) in [4.78, 5) is -0.0355. The van der Waals surface area contributed by atoms with Gasteiger partial charge in [-0.3, -0.25) is 4.31 Å². The van der Waals surface area contributed by atoms with E-state index in [1.54, 1.807) is 13.0 Å². The third-order valence-corrected chi connectivity index (χ3v) is 6.40. The van der Waals surface area contributed by atoms with Crippen LogP contribution in [0.4, 0.5) is 14.5 Å². The van der Waals surface area contributed by atoms with E-state index in [0.717, 1.165) is 16.4 Å². The van der Waals surface area contributed by atoms with Crippen molar-refractivity contribution in [3.05, 3.63) is 47.0 Å². The first-order valence-corrected chi connectivity index (χ1v) is 9.47. The van der Waals surface area contributed by atoms with Gasteiger partial charge in [-0.05, 0) is 43.5 Å². The van der Waals surface area contributed by atoms with E-state index in [9.17, 15) is 17.2 Å². The number of sulfonamides is 1. The van der Waals surface area contributed by atoms with Crippen LogP contribution in [0.25, 0.3) is 0 Å². The lowest BCUT2D eigenvalue weighted by Gasteiger charge is -2.31. The Morgan fingerprint density at radius 3 is 2.31 bits per heavy atom. The highest BCUT2D eigenvalue weighted by Crippen LogP contribution is 2.39. The number of benzene rings is 2. The first-order chi connectivity index (χ1) is 12.3. The summed E-state index contributed by atoms with van der Waals surface area (Å²) in [5, 5.41) is 0. The average molecular weight is 383 g/mol. The van der Waals surface area contributed by atoms with Gasteiger partial charge in [-0.15, -0.1) is 0 Å². The van der Waals surface area contributed by atoms with E-state index in [1.807, 2.05) is 0 Å². The fourth-order valence-electron chi connectivity index (χ4n) is 3.20.